The van der Waals surface area contributed by atoms with Crippen molar-refractivity contribution in [3.8, 4) is 0 Å². The fraction of sp³-hybridized carbons (Fsp3) is 0.481. The minimum Gasteiger partial charge on any atom is -0.345 e. The molecule has 1 amide bonds. The van der Waals surface area contributed by atoms with Gasteiger partial charge in [0.15, 0.2) is 0 Å². The number of imidazole rings is 1. The molecule has 1 N–H and O–H groups in total. The zero-order chi connectivity index (χ0) is 21.9. The van der Waals surface area contributed by atoms with Gasteiger partial charge in [-0.2, -0.15) is 0 Å². The number of aromatic nitrogens is 2. The summed E-state index contributed by atoms with van der Waals surface area (Å²) in [6.07, 6.45) is 11.8. The largest absolute Gasteiger partial charge is 0.345 e. The predicted octanol–water partition coefficient (Wildman–Crippen LogP) is 6.81. The van der Waals surface area contributed by atoms with Crippen molar-refractivity contribution in [1.82, 2.24) is 14.9 Å². The third kappa shape index (κ3) is 6.68. The minimum atomic E-state index is -0.0419. The lowest BCUT2D eigenvalue weighted by Gasteiger charge is -2.11. The van der Waals surface area contributed by atoms with Gasteiger partial charge in [0.25, 0.3) is 5.91 Å². The van der Waals surface area contributed by atoms with Crippen molar-refractivity contribution in [2.24, 2.45) is 0 Å². The van der Waals surface area contributed by atoms with Crippen molar-refractivity contribution < 1.29 is 4.79 Å². The van der Waals surface area contributed by atoms with Crippen LogP contribution in [0.1, 0.15) is 86.5 Å². The second-order valence-electron chi connectivity index (χ2n) is 8.49. The van der Waals surface area contributed by atoms with Gasteiger partial charge in [-0.1, -0.05) is 88.6 Å². The Hall–Kier alpha value is -2.62. The van der Waals surface area contributed by atoms with Crippen molar-refractivity contribution in [2.45, 2.75) is 84.7 Å². The van der Waals surface area contributed by atoms with Crippen LogP contribution in [0.3, 0.4) is 0 Å². The number of carbonyl (C=O) groups is 1. The number of carbonyl (C=O) groups excluding carboxylic acids is 1. The van der Waals surface area contributed by atoms with Gasteiger partial charge in [-0.15, -0.1) is 0 Å². The lowest BCUT2D eigenvalue weighted by atomic mass is 10.1. The molecule has 0 unspecified atom stereocenters. The van der Waals surface area contributed by atoms with Gasteiger partial charge in [-0.3, -0.25) is 4.79 Å². The predicted molar refractivity (Wildman–Crippen MR) is 129 cm³/mol. The highest BCUT2D eigenvalue weighted by Crippen LogP contribution is 2.18. The summed E-state index contributed by atoms with van der Waals surface area (Å²) >= 11 is 0. The monoisotopic (exact) mass is 419 g/mol. The normalized spacial score (nSPS) is 11.2. The van der Waals surface area contributed by atoms with Crippen LogP contribution in [0.15, 0.2) is 48.5 Å². The summed E-state index contributed by atoms with van der Waals surface area (Å²) in [5.74, 6) is 0.891. The van der Waals surface area contributed by atoms with E-state index in [1.807, 2.05) is 37.3 Å². The maximum atomic E-state index is 12.6. The molecule has 1 aromatic heterocycles. The van der Waals surface area contributed by atoms with E-state index in [0.29, 0.717) is 6.54 Å². The number of unbranched alkanes of at least 4 members (excludes halogenated alkanes) is 8. The van der Waals surface area contributed by atoms with Crippen LogP contribution in [0.5, 0.6) is 0 Å². The third-order valence-corrected chi connectivity index (χ3v) is 6.02. The summed E-state index contributed by atoms with van der Waals surface area (Å²) in [6.45, 7) is 5.63. The Morgan fingerprint density at radius 1 is 0.871 bits per heavy atom. The van der Waals surface area contributed by atoms with E-state index < -0.39 is 0 Å². The molecular weight excluding hydrogens is 382 g/mol. The first-order valence-corrected chi connectivity index (χ1v) is 12.0. The Morgan fingerprint density at radius 3 is 2.26 bits per heavy atom. The first kappa shape index (κ1) is 23.1. The number of amides is 1. The van der Waals surface area contributed by atoms with E-state index in [1.165, 1.54) is 51.4 Å². The number of aryl methyl sites for hydroxylation is 2. The number of rotatable bonds is 13. The van der Waals surface area contributed by atoms with E-state index in [2.05, 4.69) is 35.0 Å². The molecule has 0 radical (unpaired) electrons. The number of hydrogen-bond acceptors (Lipinski definition) is 2. The molecule has 1 heterocycles. The summed E-state index contributed by atoms with van der Waals surface area (Å²) in [5, 5.41) is 3.07. The average molecular weight is 420 g/mol. The van der Waals surface area contributed by atoms with Crippen LogP contribution in [-0.4, -0.2) is 15.5 Å². The van der Waals surface area contributed by atoms with Crippen LogP contribution in [0.2, 0.25) is 0 Å². The standard InChI is InChI=1S/C27H37N3O/c1-3-4-5-6-7-8-9-10-15-20-30-25-19-14-13-18-24(25)29-26(30)21-28-27(31)23-17-12-11-16-22(23)2/h11-14,16-19H,3-10,15,20-21H2,1-2H3,(H,28,31). The van der Waals surface area contributed by atoms with Gasteiger partial charge < -0.3 is 9.88 Å². The first-order chi connectivity index (χ1) is 15.2. The molecule has 0 saturated heterocycles. The Balaban J connectivity index is 1.55. The van der Waals surface area contributed by atoms with Crippen LogP contribution in [0.4, 0.5) is 0 Å². The molecule has 2 aromatic carbocycles. The molecule has 0 atom stereocenters. The van der Waals surface area contributed by atoms with E-state index in [4.69, 9.17) is 4.98 Å². The minimum absolute atomic E-state index is 0.0419. The zero-order valence-corrected chi connectivity index (χ0v) is 19.2. The fourth-order valence-corrected chi connectivity index (χ4v) is 4.17. The highest BCUT2D eigenvalue weighted by atomic mass is 16.1. The molecule has 0 aliphatic rings. The molecule has 0 fully saturated rings. The molecule has 0 aliphatic carbocycles. The van der Waals surface area contributed by atoms with Crippen LogP contribution >= 0.6 is 0 Å². The number of nitrogens with one attached hydrogen (secondary N) is 1. The van der Waals surface area contributed by atoms with E-state index >= 15 is 0 Å². The van der Waals surface area contributed by atoms with Gasteiger partial charge >= 0.3 is 0 Å². The molecule has 3 rings (SSSR count). The Morgan fingerprint density at radius 2 is 1.52 bits per heavy atom. The Labute approximate surface area is 187 Å². The molecule has 0 spiro atoms. The van der Waals surface area contributed by atoms with Crippen LogP contribution in [-0.2, 0) is 13.1 Å². The number of fused-ring (bicyclic) bond motifs is 1. The number of benzene rings is 2. The smallest absolute Gasteiger partial charge is 0.251 e. The Bertz CT molecular complexity index is 960. The van der Waals surface area contributed by atoms with Crippen molar-refractivity contribution in [2.75, 3.05) is 0 Å². The summed E-state index contributed by atoms with van der Waals surface area (Å²) < 4.78 is 2.29. The van der Waals surface area contributed by atoms with Gasteiger partial charge in [-0.25, -0.2) is 4.98 Å². The molecule has 31 heavy (non-hydrogen) atoms. The van der Waals surface area contributed by atoms with Crippen molar-refractivity contribution in [3.05, 3.63) is 65.5 Å². The second-order valence-corrected chi connectivity index (χ2v) is 8.49. The summed E-state index contributed by atoms with van der Waals surface area (Å²) in [4.78, 5) is 17.4. The highest BCUT2D eigenvalue weighted by Gasteiger charge is 2.13. The molecular formula is C27H37N3O. The topological polar surface area (TPSA) is 46.9 Å². The quantitative estimate of drug-likeness (QED) is 0.309. The number of para-hydroxylation sites is 2. The maximum Gasteiger partial charge on any atom is 0.251 e. The van der Waals surface area contributed by atoms with Crippen LogP contribution < -0.4 is 5.32 Å². The van der Waals surface area contributed by atoms with E-state index in [9.17, 15) is 4.79 Å². The third-order valence-electron chi connectivity index (χ3n) is 6.02. The molecule has 4 nitrogen and oxygen atoms in total. The van der Waals surface area contributed by atoms with E-state index in [-0.39, 0.29) is 5.91 Å². The number of nitrogens with zero attached hydrogens (tertiary/aromatic N) is 2. The fourth-order valence-electron chi connectivity index (χ4n) is 4.17. The maximum absolute atomic E-state index is 12.6. The lowest BCUT2D eigenvalue weighted by Crippen LogP contribution is -2.25. The van der Waals surface area contributed by atoms with E-state index in [1.54, 1.807) is 0 Å². The van der Waals surface area contributed by atoms with Gasteiger partial charge in [0.2, 0.25) is 0 Å². The van der Waals surface area contributed by atoms with Gasteiger partial charge in [0.1, 0.15) is 5.82 Å². The molecule has 4 heteroatoms. The first-order valence-electron chi connectivity index (χ1n) is 12.0. The molecule has 3 aromatic rings. The van der Waals surface area contributed by atoms with E-state index in [0.717, 1.165) is 41.0 Å². The SMILES string of the molecule is CCCCCCCCCCCn1c(CNC(=O)c2ccccc2C)nc2ccccc21. The van der Waals surface area contributed by atoms with Crippen LogP contribution in [0.25, 0.3) is 11.0 Å². The average Bonchev–Trinajstić information content (AvgIpc) is 3.14. The Kier molecular flexibility index (Phi) is 9.14. The van der Waals surface area contributed by atoms with Crippen molar-refractivity contribution in [3.63, 3.8) is 0 Å². The number of hydrogen-bond donors (Lipinski definition) is 1. The van der Waals surface area contributed by atoms with Crippen LogP contribution in [0, 0.1) is 6.92 Å². The van der Waals surface area contributed by atoms with Gasteiger partial charge in [0.05, 0.1) is 17.6 Å². The van der Waals surface area contributed by atoms with Crippen molar-refractivity contribution in [1.29, 1.82) is 0 Å². The summed E-state index contributed by atoms with van der Waals surface area (Å²) in [7, 11) is 0. The summed E-state index contributed by atoms with van der Waals surface area (Å²) in [6, 6.07) is 16.0. The summed E-state index contributed by atoms with van der Waals surface area (Å²) in [5.41, 5.74) is 3.87. The van der Waals surface area contributed by atoms with Gasteiger partial charge in [0, 0.05) is 12.1 Å². The molecule has 166 valence electrons. The highest BCUT2D eigenvalue weighted by molar-refractivity contribution is 5.95. The van der Waals surface area contributed by atoms with Gasteiger partial charge in [-0.05, 0) is 37.1 Å². The molecule has 0 bridgehead atoms. The second kappa shape index (κ2) is 12.3. The lowest BCUT2D eigenvalue weighted by molar-refractivity contribution is 0.0949. The zero-order valence-electron chi connectivity index (χ0n) is 19.2. The molecule has 0 saturated carbocycles. The molecule has 0 aliphatic heterocycles. The van der Waals surface area contributed by atoms with Crippen molar-refractivity contribution >= 4 is 16.9 Å².